The zero-order valence-electron chi connectivity index (χ0n) is 11.3. The lowest BCUT2D eigenvalue weighted by Gasteiger charge is -2.34. The Kier molecular flexibility index (Phi) is 4.79. The number of amides is 1. The van der Waals surface area contributed by atoms with Crippen LogP contribution in [0.5, 0.6) is 0 Å². The summed E-state index contributed by atoms with van der Waals surface area (Å²) in [5.41, 5.74) is 5.58. The molecule has 0 radical (unpaired) electrons. The van der Waals surface area contributed by atoms with Crippen molar-refractivity contribution >= 4 is 33.2 Å². The average molecular weight is 358 g/mol. The van der Waals surface area contributed by atoms with Gasteiger partial charge in [-0.3, -0.25) is 14.9 Å². The second-order valence-electron chi connectivity index (χ2n) is 5.03. The number of ether oxygens (including phenoxy) is 1. The molecule has 0 saturated carbocycles. The summed E-state index contributed by atoms with van der Waals surface area (Å²) in [5, 5.41) is 13.8. The van der Waals surface area contributed by atoms with Crippen LogP contribution in [-0.2, 0) is 9.53 Å². The Labute approximate surface area is 130 Å². The number of hydrogen-bond acceptors (Lipinski definition) is 5. The number of hydrogen-bond donors (Lipinski definition) is 2. The van der Waals surface area contributed by atoms with E-state index in [0.29, 0.717) is 42.8 Å². The van der Waals surface area contributed by atoms with Crippen molar-refractivity contribution in [2.24, 2.45) is 11.1 Å². The zero-order valence-corrected chi connectivity index (χ0v) is 12.9. The van der Waals surface area contributed by atoms with E-state index in [9.17, 15) is 14.9 Å². The third-order valence-corrected chi connectivity index (χ3v) is 4.41. The van der Waals surface area contributed by atoms with Crippen molar-refractivity contribution in [1.82, 2.24) is 0 Å². The number of primary amides is 1. The maximum atomic E-state index is 11.8. The Bertz CT molecular complexity index is 558. The van der Waals surface area contributed by atoms with Crippen molar-refractivity contribution in [2.45, 2.75) is 12.8 Å². The number of nitrogens with zero attached hydrogens (tertiary/aromatic N) is 1. The van der Waals surface area contributed by atoms with Crippen LogP contribution >= 0.6 is 15.9 Å². The Morgan fingerprint density at radius 2 is 2.14 bits per heavy atom. The SMILES string of the molecule is NC(=O)C1(CNc2ccc([N+](=O)[O-])cc2Br)CCOCC1. The molecule has 1 saturated heterocycles. The molecule has 0 atom stereocenters. The number of rotatable bonds is 5. The smallest absolute Gasteiger partial charge is 0.270 e. The van der Waals surface area contributed by atoms with E-state index >= 15 is 0 Å². The molecule has 8 heteroatoms. The molecular weight excluding hydrogens is 342 g/mol. The first-order valence-electron chi connectivity index (χ1n) is 6.50. The van der Waals surface area contributed by atoms with Crippen molar-refractivity contribution in [3.05, 3.63) is 32.8 Å². The van der Waals surface area contributed by atoms with Gasteiger partial charge >= 0.3 is 0 Å². The minimum Gasteiger partial charge on any atom is -0.383 e. The number of carbonyl (C=O) groups is 1. The maximum absolute atomic E-state index is 11.8. The van der Waals surface area contributed by atoms with Gasteiger partial charge in [-0.1, -0.05) is 0 Å². The lowest BCUT2D eigenvalue weighted by atomic mass is 9.79. The number of benzene rings is 1. The Morgan fingerprint density at radius 3 is 2.67 bits per heavy atom. The summed E-state index contributed by atoms with van der Waals surface area (Å²) in [6, 6.07) is 4.44. The first-order chi connectivity index (χ1) is 9.94. The minimum atomic E-state index is -0.639. The van der Waals surface area contributed by atoms with Crippen LogP contribution in [0, 0.1) is 15.5 Å². The van der Waals surface area contributed by atoms with E-state index in [2.05, 4.69) is 21.2 Å². The molecule has 1 fully saturated rings. The molecule has 0 bridgehead atoms. The standard InChI is InChI=1S/C13H16BrN3O4/c14-10-7-9(17(19)20)1-2-11(10)16-8-13(12(15)18)3-5-21-6-4-13/h1-2,7,16H,3-6,8H2,(H2,15,18). The summed E-state index contributed by atoms with van der Waals surface area (Å²) in [5.74, 6) is -0.351. The first kappa shape index (κ1) is 15.7. The van der Waals surface area contributed by atoms with E-state index in [1.54, 1.807) is 6.07 Å². The zero-order chi connectivity index (χ0) is 15.5. The number of nitro benzene ring substituents is 1. The molecule has 0 spiro atoms. The fourth-order valence-corrected chi connectivity index (χ4v) is 2.80. The van der Waals surface area contributed by atoms with Gasteiger partial charge in [0.2, 0.25) is 5.91 Å². The minimum absolute atomic E-state index is 0.00288. The highest BCUT2D eigenvalue weighted by molar-refractivity contribution is 9.10. The number of non-ortho nitro benzene ring substituents is 1. The van der Waals surface area contributed by atoms with Crippen LogP contribution < -0.4 is 11.1 Å². The van der Waals surface area contributed by atoms with Gasteiger partial charge in [0.25, 0.3) is 5.69 Å². The number of halogens is 1. The molecule has 0 unspecified atom stereocenters. The van der Waals surface area contributed by atoms with Crippen molar-refractivity contribution in [3.8, 4) is 0 Å². The molecule has 114 valence electrons. The van der Waals surface area contributed by atoms with Gasteiger partial charge in [0.15, 0.2) is 0 Å². The van der Waals surface area contributed by atoms with Crippen molar-refractivity contribution < 1.29 is 14.5 Å². The van der Waals surface area contributed by atoms with Crippen molar-refractivity contribution in [3.63, 3.8) is 0 Å². The molecule has 0 aliphatic carbocycles. The average Bonchev–Trinajstić information content (AvgIpc) is 2.46. The van der Waals surface area contributed by atoms with Crippen LogP contribution in [0.1, 0.15) is 12.8 Å². The molecule has 1 aromatic rings. The van der Waals surface area contributed by atoms with Crippen molar-refractivity contribution in [2.75, 3.05) is 25.1 Å². The van der Waals surface area contributed by atoms with Gasteiger partial charge in [0.05, 0.1) is 10.3 Å². The van der Waals surface area contributed by atoms with Crippen LogP contribution in [0.4, 0.5) is 11.4 Å². The van der Waals surface area contributed by atoms with E-state index in [-0.39, 0.29) is 11.6 Å². The topological polar surface area (TPSA) is 107 Å². The molecule has 1 aromatic carbocycles. The second-order valence-corrected chi connectivity index (χ2v) is 5.89. The van der Waals surface area contributed by atoms with Gasteiger partial charge in [0.1, 0.15) is 0 Å². The quantitative estimate of drug-likeness (QED) is 0.619. The first-order valence-corrected chi connectivity index (χ1v) is 7.29. The van der Waals surface area contributed by atoms with Crippen molar-refractivity contribution in [1.29, 1.82) is 0 Å². The molecule has 0 aromatic heterocycles. The lowest BCUT2D eigenvalue weighted by molar-refractivity contribution is -0.384. The fraction of sp³-hybridized carbons (Fsp3) is 0.462. The highest BCUT2D eigenvalue weighted by Crippen LogP contribution is 2.33. The lowest BCUT2D eigenvalue weighted by Crippen LogP contribution is -2.46. The third-order valence-electron chi connectivity index (χ3n) is 3.75. The largest absolute Gasteiger partial charge is 0.383 e. The molecule has 1 aliphatic heterocycles. The van der Waals surface area contributed by atoms with Crippen LogP contribution in [0.15, 0.2) is 22.7 Å². The van der Waals surface area contributed by atoms with E-state index in [0.717, 1.165) is 0 Å². The summed E-state index contributed by atoms with van der Waals surface area (Å²) in [7, 11) is 0. The van der Waals surface area contributed by atoms with Gasteiger partial charge < -0.3 is 15.8 Å². The van der Waals surface area contributed by atoms with Crippen LogP contribution in [0.2, 0.25) is 0 Å². The number of nitro groups is 1. The summed E-state index contributed by atoms with van der Waals surface area (Å²) in [4.78, 5) is 22.0. The van der Waals surface area contributed by atoms with E-state index in [1.807, 2.05) is 0 Å². The van der Waals surface area contributed by atoms with Gasteiger partial charge in [-0.25, -0.2) is 0 Å². The number of carbonyl (C=O) groups excluding carboxylic acids is 1. The summed E-state index contributed by atoms with van der Waals surface area (Å²) < 4.78 is 5.85. The Morgan fingerprint density at radius 1 is 1.48 bits per heavy atom. The summed E-state index contributed by atoms with van der Waals surface area (Å²) in [6.45, 7) is 1.39. The van der Waals surface area contributed by atoms with E-state index < -0.39 is 10.3 Å². The number of nitrogens with one attached hydrogen (secondary N) is 1. The molecule has 7 nitrogen and oxygen atoms in total. The normalized spacial score (nSPS) is 17.2. The highest BCUT2D eigenvalue weighted by Gasteiger charge is 2.38. The summed E-state index contributed by atoms with van der Waals surface area (Å²) in [6.07, 6.45) is 1.14. The second kappa shape index (κ2) is 6.40. The van der Waals surface area contributed by atoms with Gasteiger partial charge in [-0.05, 0) is 34.8 Å². The van der Waals surface area contributed by atoms with Crippen LogP contribution in [0.3, 0.4) is 0 Å². The number of nitrogens with two attached hydrogens (primary N) is 1. The van der Waals surface area contributed by atoms with Gasteiger partial charge in [-0.2, -0.15) is 0 Å². The molecule has 3 N–H and O–H groups in total. The Balaban J connectivity index is 2.11. The van der Waals surface area contributed by atoms with E-state index in [4.69, 9.17) is 10.5 Å². The molecule has 21 heavy (non-hydrogen) atoms. The van der Waals surface area contributed by atoms with Gasteiger partial charge in [0, 0.05) is 42.1 Å². The predicted octanol–water partition coefficient (Wildman–Crippen LogP) is 2.05. The third kappa shape index (κ3) is 3.51. The fourth-order valence-electron chi connectivity index (χ4n) is 2.30. The molecule has 2 rings (SSSR count). The molecule has 1 amide bonds. The Hall–Kier alpha value is -1.67. The van der Waals surface area contributed by atoms with Crippen LogP contribution in [0.25, 0.3) is 0 Å². The van der Waals surface area contributed by atoms with Crippen LogP contribution in [-0.4, -0.2) is 30.6 Å². The molecule has 1 heterocycles. The molecular formula is C13H16BrN3O4. The monoisotopic (exact) mass is 357 g/mol. The summed E-state index contributed by atoms with van der Waals surface area (Å²) >= 11 is 3.29. The maximum Gasteiger partial charge on any atom is 0.270 e. The predicted molar refractivity (Wildman–Crippen MR) is 81.0 cm³/mol. The van der Waals surface area contributed by atoms with Gasteiger partial charge in [-0.15, -0.1) is 0 Å². The highest BCUT2D eigenvalue weighted by atomic mass is 79.9. The number of anilines is 1. The molecule has 1 aliphatic rings. The van der Waals surface area contributed by atoms with E-state index in [1.165, 1.54) is 12.1 Å².